The molecule has 2 N–H and O–H groups in total. The molecule has 3 heterocycles. The van der Waals surface area contributed by atoms with Gasteiger partial charge in [0.15, 0.2) is 0 Å². The van der Waals surface area contributed by atoms with Crippen molar-refractivity contribution >= 4 is 23.3 Å². The van der Waals surface area contributed by atoms with Gasteiger partial charge in [-0.2, -0.15) is 5.10 Å². The van der Waals surface area contributed by atoms with Crippen molar-refractivity contribution in [3.05, 3.63) is 65.4 Å². The summed E-state index contributed by atoms with van der Waals surface area (Å²) < 4.78 is 0. The largest absolute Gasteiger partial charge is 0.354 e. The number of benzene rings is 1. The minimum Gasteiger partial charge on any atom is -0.354 e. The average Bonchev–Trinajstić information content (AvgIpc) is 3.25. The van der Waals surface area contributed by atoms with Crippen molar-refractivity contribution < 1.29 is 4.79 Å². The Labute approximate surface area is 181 Å². The minimum absolute atomic E-state index is 0.0194. The normalized spacial score (nSPS) is 15.7. The molecule has 7 nitrogen and oxygen atoms in total. The Morgan fingerprint density at radius 1 is 1.17 bits per heavy atom. The van der Waals surface area contributed by atoms with Crippen molar-refractivity contribution in [3.63, 3.8) is 0 Å². The molecule has 1 aromatic carbocycles. The summed E-state index contributed by atoms with van der Waals surface area (Å²) in [5.74, 6) is 0.854. The molecule has 1 unspecified atom stereocenters. The van der Waals surface area contributed by atoms with Crippen LogP contribution < -0.4 is 10.2 Å². The van der Waals surface area contributed by atoms with Gasteiger partial charge in [-0.1, -0.05) is 35.9 Å². The van der Waals surface area contributed by atoms with E-state index in [1.54, 1.807) is 12.1 Å². The first-order valence-corrected chi connectivity index (χ1v) is 10.5. The number of piperazine rings is 1. The number of halogens is 1. The van der Waals surface area contributed by atoms with E-state index in [-0.39, 0.29) is 11.9 Å². The summed E-state index contributed by atoms with van der Waals surface area (Å²) in [4.78, 5) is 21.7. The van der Waals surface area contributed by atoms with Gasteiger partial charge in [0.25, 0.3) is 5.91 Å². The molecule has 1 saturated heterocycles. The lowest BCUT2D eigenvalue weighted by Gasteiger charge is -2.36. The van der Waals surface area contributed by atoms with Crippen molar-refractivity contribution in [1.82, 2.24) is 25.4 Å². The van der Waals surface area contributed by atoms with Crippen molar-refractivity contribution in [2.45, 2.75) is 13.0 Å². The number of anilines is 1. The summed E-state index contributed by atoms with van der Waals surface area (Å²) >= 11 is 6.22. The van der Waals surface area contributed by atoms with E-state index >= 15 is 0 Å². The van der Waals surface area contributed by atoms with Crippen LogP contribution in [-0.2, 0) is 0 Å². The number of H-pyrrole nitrogens is 1. The van der Waals surface area contributed by atoms with Gasteiger partial charge in [0.1, 0.15) is 11.5 Å². The number of aromatic nitrogens is 3. The van der Waals surface area contributed by atoms with E-state index in [1.165, 1.54) is 0 Å². The lowest BCUT2D eigenvalue weighted by atomic mass is 10.1. The second kappa shape index (κ2) is 9.28. The summed E-state index contributed by atoms with van der Waals surface area (Å²) in [5, 5.41) is 10.7. The maximum absolute atomic E-state index is 12.6. The zero-order chi connectivity index (χ0) is 20.9. The average molecular weight is 425 g/mol. The summed E-state index contributed by atoms with van der Waals surface area (Å²) in [5.41, 5.74) is 1.88. The van der Waals surface area contributed by atoms with Crippen LogP contribution in [0.3, 0.4) is 0 Å². The van der Waals surface area contributed by atoms with Gasteiger partial charge in [-0.15, -0.1) is 0 Å². The molecule has 1 atom stereocenters. The molecule has 1 aliphatic heterocycles. The molecule has 0 bridgehead atoms. The van der Waals surface area contributed by atoms with E-state index in [2.05, 4.69) is 30.3 Å². The lowest BCUT2D eigenvalue weighted by Crippen LogP contribution is -2.51. The van der Waals surface area contributed by atoms with Gasteiger partial charge in [-0.05, 0) is 31.2 Å². The molecule has 1 fully saturated rings. The van der Waals surface area contributed by atoms with E-state index in [9.17, 15) is 4.79 Å². The first-order chi connectivity index (χ1) is 14.6. The summed E-state index contributed by atoms with van der Waals surface area (Å²) in [6, 6.07) is 15.2. The number of hydrogen-bond acceptors (Lipinski definition) is 5. The highest BCUT2D eigenvalue weighted by molar-refractivity contribution is 6.33. The number of nitrogens with zero attached hydrogens (tertiary/aromatic N) is 4. The molecule has 0 radical (unpaired) electrons. The van der Waals surface area contributed by atoms with Crippen LogP contribution in [0.25, 0.3) is 11.3 Å². The molecule has 2 aromatic heterocycles. The number of hydrogen-bond donors (Lipinski definition) is 2. The van der Waals surface area contributed by atoms with Gasteiger partial charge in [-0.3, -0.25) is 14.8 Å². The van der Waals surface area contributed by atoms with Crippen LogP contribution in [0, 0.1) is 0 Å². The predicted molar refractivity (Wildman–Crippen MR) is 119 cm³/mol. The Morgan fingerprint density at radius 2 is 1.93 bits per heavy atom. The number of pyridine rings is 1. The summed E-state index contributed by atoms with van der Waals surface area (Å²) in [6.07, 6.45) is 1.83. The molecule has 0 saturated carbocycles. The standard InChI is InChI=1S/C22H25ClN6O/c1-16(15-28-10-12-29(13-11-28)21-8-4-5-9-24-21)25-22(30)20-14-19(26-27-20)17-6-2-3-7-18(17)23/h2-9,14,16H,10-13,15H2,1H3,(H,25,30)(H,26,27). The highest BCUT2D eigenvalue weighted by Gasteiger charge is 2.21. The fourth-order valence-corrected chi connectivity index (χ4v) is 3.91. The van der Waals surface area contributed by atoms with Crippen LogP contribution in [0.15, 0.2) is 54.7 Å². The van der Waals surface area contributed by atoms with E-state index < -0.39 is 0 Å². The Balaban J connectivity index is 1.28. The minimum atomic E-state index is -0.166. The van der Waals surface area contributed by atoms with Gasteiger partial charge in [0.2, 0.25) is 0 Å². The molecule has 30 heavy (non-hydrogen) atoms. The molecule has 0 aliphatic carbocycles. The highest BCUT2D eigenvalue weighted by atomic mass is 35.5. The van der Waals surface area contributed by atoms with Crippen LogP contribution in [0.1, 0.15) is 17.4 Å². The Kier molecular flexibility index (Phi) is 6.30. The van der Waals surface area contributed by atoms with Crippen molar-refractivity contribution in [1.29, 1.82) is 0 Å². The number of amides is 1. The smallest absolute Gasteiger partial charge is 0.269 e. The quantitative estimate of drug-likeness (QED) is 0.636. The topological polar surface area (TPSA) is 77.2 Å². The van der Waals surface area contributed by atoms with Gasteiger partial charge < -0.3 is 10.2 Å². The summed E-state index contributed by atoms with van der Waals surface area (Å²) in [6.45, 7) is 6.56. The van der Waals surface area contributed by atoms with Gasteiger partial charge >= 0.3 is 0 Å². The zero-order valence-electron chi connectivity index (χ0n) is 16.9. The number of aromatic amines is 1. The molecule has 4 rings (SSSR count). The molecular formula is C22H25ClN6O. The van der Waals surface area contributed by atoms with Crippen LogP contribution >= 0.6 is 11.6 Å². The van der Waals surface area contributed by atoms with Crippen LogP contribution in [0.4, 0.5) is 5.82 Å². The number of nitrogens with one attached hydrogen (secondary N) is 2. The van der Waals surface area contributed by atoms with Crippen molar-refractivity contribution in [3.8, 4) is 11.3 Å². The highest BCUT2D eigenvalue weighted by Crippen LogP contribution is 2.26. The van der Waals surface area contributed by atoms with E-state index in [4.69, 9.17) is 11.6 Å². The zero-order valence-corrected chi connectivity index (χ0v) is 17.6. The molecular weight excluding hydrogens is 400 g/mol. The monoisotopic (exact) mass is 424 g/mol. The van der Waals surface area contributed by atoms with Crippen LogP contribution in [0.2, 0.25) is 5.02 Å². The summed E-state index contributed by atoms with van der Waals surface area (Å²) in [7, 11) is 0. The maximum Gasteiger partial charge on any atom is 0.269 e. The van der Waals surface area contributed by atoms with Gasteiger partial charge in [0, 0.05) is 50.5 Å². The van der Waals surface area contributed by atoms with Crippen molar-refractivity contribution in [2.24, 2.45) is 0 Å². The maximum atomic E-state index is 12.6. The second-order valence-electron chi connectivity index (χ2n) is 7.50. The first-order valence-electron chi connectivity index (χ1n) is 10.1. The second-order valence-corrected chi connectivity index (χ2v) is 7.90. The third-order valence-corrected chi connectivity index (χ3v) is 5.56. The molecule has 1 amide bonds. The molecule has 0 spiro atoms. The van der Waals surface area contributed by atoms with E-state index in [0.29, 0.717) is 16.4 Å². The number of carbonyl (C=O) groups excluding carboxylic acids is 1. The molecule has 3 aromatic rings. The fourth-order valence-electron chi connectivity index (χ4n) is 3.68. The van der Waals surface area contributed by atoms with E-state index in [1.807, 2.05) is 49.5 Å². The Bertz CT molecular complexity index is 984. The van der Waals surface area contributed by atoms with E-state index in [0.717, 1.165) is 44.1 Å². The van der Waals surface area contributed by atoms with Crippen LogP contribution in [0.5, 0.6) is 0 Å². The lowest BCUT2D eigenvalue weighted by molar-refractivity contribution is 0.0923. The van der Waals surface area contributed by atoms with Gasteiger partial charge in [-0.25, -0.2) is 4.98 Å². The van der Waals surface area contributed by atoms with Gasteiger partial charge in [0.05, 0.1) is 10.7 Å². The fraction of sp³-hybridized carbons (Fsp3) is 0.318. The van der Waals surface area contributed by atoms with Crippen molar-refractivity contribution in [2.75, 3.05) is 37.6 Å². The Hall–Kier alpha value is -2.90. The predicted octanol–water partition coefficient (Wildman–Crippen LogP) is 3.07. The third-order valence-electron chi connectivity index (χ3n) is 5.23. The first kappa shape index (κ1) is 20.4. The number of rotatable bonds is 6. The SMILES string of the molecule is CC(CN1CCN(c2ccccn2)CC1)NC(=O)c1cc(-c2ccccc2Cl)n[nH]1. The molecule has 156 valence electrons. The molecule has 1 aliphatic rings. The Morgan fingerprint density at radius 3 is 2.67 bits per heavy atom. The molecule has 8 heteroatoms. The van der Waals surface area contributed by atoms with Crippen LogP contribution in [-0.4, -0.2) is 64.8 Å². The third kappa shape index (κ3) is 4.80. The number of carbonyl (C=O) groups is 1.